The Morgan fingerprint density at radius 3 is 2.37 bits per heavy atom. The lowest BCUT2D eigenvalue weighted by molar-refractivity contribution is 0.0746. The molecule has 1 heterocycles. The third-order valence-electron chi connectivity index (χ3n) is 4.14. The number of aliphatic hydroxyl groups excluding tert-OH is 1. The number of rotatable bonds is 3. The van der Waals surface area contributed by atoms with Crippen LogP contribution in [0.3, 0.4) is 0 Å². The fourth-order valence-corrected chi connectivity index (χ4v) is 3.15. The monoisotopic (exact) mass is 263 g/mol. The zero-order valence-corrected chi connectivity index (χ0v) is 12.4. The smallest absolute Gasteiger partial charge is 0.118 e. The van der Waals surface area contributed by atoms with E-state index in [9.17, 15) is 5.11 Å². The molecule has 0 radical (unpaired) electrons. The first-order valence-corrected chi connectivity index (χ1v) is 6.99. The molecule has 0 aromatic heterocycles. The van der Waals surface area contributed by atoms with Crippen molar-refractivity contribution < 1.29 is 9.84 Å². The van der Waals surface area contributed by atoms with Crippen LogP contribution in [0.1, 0.15) is 38.7 Å². The van der Waals surface area contributed by atoms with Gasteiger partial charge in [0.1, 0.15) is 5.75 Å². The summed E-state index contributed by atoms with van der Waals surface area (Å²) in [5.74, 6) is 1.30. The molecule has 2 rings (SSSR count). The molecule has 0 bridgehead atoms. The number of aliphatic hydroxyl groups is 1. The molecule has 1 aliphatic heterocycles. The van der Waals surface area contributed by atoms with Crippen molar-refractivity contribution in [3.63, 3.8) is 0 Å². The van der Waals surface area contributed by atoms with Gasteiger partial charge in [0.2, 0.25) is 0 Å². The van der Waals surface area contributed by atoms with Gasteiger partial charge in [-0.3, -0.25) is 4.90 Å². The molecule has 2 atom stereocenters. The second-order valence-corrected chi connectivity index (χ2v) is 6.28. The van der Waals surface area contributed by atoms with Crippen molar-refractivity contribution in [1.29, 1.82) is 0 Å². The van der Waals surface area contributed by atoms with E-state index in [0.29, 0.717) is 5.92 Å². The van der Waals surface area contributed by atoms with E-state index in [1.54, 1.807) is 7.11 Å². The zero-order chi connectivity index (χ0) is 14.0. The summed E-state index contributed by atoms with van der Waals surface area (Å²) >= 11 is 0. The van der Waals surface area contributed by atoms with Crippen molar-refractivity contribution in [1.82, 2.24) is 4.90 Å². The normalized spacial score (nSPS) is 24.7. The van der Waals surface area contributed by atoms with E-state index in [-0.39, 0.29) is 18.2 Å². The van der Waals surface area contributed by atoms with Gasteiger partial charge in [0, 0.05) is 17.5 Å². The van der Waals surface area contributed by atoms with Gasteiger partial charge in [-0.15, -0.1) is 0 Å². The number of ether oxygens (including phenoxy) is 1. The second-order valence-electron chi connectivity index (χ2n) is 6.28. The summed E-state index contributed by atoms with van der Waals surface area (Å²) in [4.78, 5) is 2.42. The maximum Gasteiger partial charge on any atom is 0.118 e. The Kier molecular flexibility index (Phi) is 4.16. The zero-order valence-electron chi connectivity index (χ0n) is 12.4. The minimum absolute atomic E-state index is 0.106. The molecule has 1 aromatic rings. The van der Waals surface area contributed by atoms with Crippen molar-refractivity contribution in [2.24, 2.45) is 0 Å². The van der Waals surface area contributed by atoms with E-state index in [4.69, 9.17) is 4.74 Å². The molecule has 106 valence electrons. The van der Waals surface area contributed by atoms with Gasteiger partial charge >= 0.3 is 0 Å². The Balaban J connectivity index is 2.20. The SMILES string of the molecule is COc1ccc([C@@H]2CCN(C(C)(C)C)[C@@H]2CO)cc1. The molecule has 1 aromatic carbocycles. The largest absolute Gasteiger partial charge is 0.497 e. The molecular formula is C16H25NO2. The highest BCUT2D eigenvalue weighted by atomic mass is 16.5. The van der Waals surface area contributed by atoms with Crippen LogP contribution in [-0.4, -0.2) is 41.8 Å². The summed E-state index contributed by atoms with van der Waals surface area (Å²) < 4.78 is 5.20. The van der Waals surface area contributed by atoms with Gasteiger partial charge < -0.3 is 9.84 Å². The van der Waals surface area contributed by atoms with Crippen LogP contribution in [0.15, 0.2) is 24.3 Å². The van der Waals surface area contributed by atoms with Gasteiger partial charge in [-0.2, -0.15) is 0 Å². The Hall–Kier alpha value is -1.06. The summed E-state index contributed by atoms with van der Waals surface area (Å²) in [6.07, 6.45) is 1.11. The minimum Gasteiger partial charge on any atom is -0.497 e. The molecule has 1 N–H and O–H groups in total. The molecule has 3 nitrogen and oxygen atoms in total. The van der Waals surface area contributed by atoms with Gasteiger partial charge in [0.15, 0.2) is 0 Å². The summed E-state index contributed by atoms with van der Waals surface area (Å²) in [5, 5.41) is 9.77. The lowest BCUT2D eigenvalue weighted by Crippen LogP contribution is -2.47. The summed E-state index contributed by atoms with van der Waals surface area (Å²) in [5.41, 5.74) is 1.40. The quantitative estimate of drug-likeness (QED) is 0.910. The number of hydrogen-bond acceptors (Lipinski definition) is 3. The number of methoxy groups -OCH3 is 1. The van der Waals surface area contributed by atoms with Crippen molar-refractivity contribution >= 4 is 0 Å². The predicted octanol–water partition coefficient (Wildman–Crippen LogP) is 2.64. The second kappa shape index (κ2) is 5.51. The maximum absolute atomic E-state index is 9.77. The summed E-state index contributed by atoms with van der Waals surface area (Å²) in [6, 6.07) is 8.47. The molecule has 0 amide bonds. The van der Waals surface area contributed by atoms with E-state index < -0.39 is 0 Å². The van der Waals surface area contributed by atoms with Crippen LogP contribution in [0.5, 0.6) is 5.75 Å². The molecule has 0 spiro atoms. The molecule has 0 unspecified atom stereocenters. The first-order chi connectivity index (χ1) is 8.97. The van der Waals surface area contributed by atoms with Crippen LogP contribution >= 0.6 is 0 Å². The van der Waals surface area contributed by atoms with Gasteiger partial charge in [0.25, 0.3) is 0 Å². The number of nitrogens with zero attached hydrogens (tertiary/aromatic N) is 1. The van der Waals surface area contributed by atoms with Gasteiger partial charge in [0.05, 0.1) is 13.7 Å². The van der Waals surface area contributed by atoms with E-state index in [2.05, 4.69) is 37.8 Å². The van der Waals surface area contributed by atoms with Gasteiger partial charge in [-0.25, -0.2) is 0 Å². The highest BCUT2D eigenvalue weighted by Gasteiger charge is 2.39. The summed E-state index contributed by atoms with van der Waals surface area (Å²) in [6.45, 7) is 7.91. The van der Waals surface area contributed by atoms with Crippen molar-refractivity contribution in [2.75, 3.05) is 20.3 Å². The van der Waals surface area contributed by atoms with Crippen LogP contribution in [0.25, 0.3) is 0 Å². The van der Waals surface area contributed by atoms with Crippen molar-refractivity contribution in [3.8, 4) is 5.75 Å². The van der Waals surface area contributed by atoms with Crippen molar-refractivity contribution in [2.45, 2.75) is 44.7 Å². The van der Waals surface area contributed by atoms with Crippen LogP contribution in [-0.2, 0) is 0 Å². The average Bonchev–Trinajstić information content (AvgIpc) is 2.82. The maximum atomic E-state index is 9.77. The van der Waals surface area contributed by atoms with Crippen LogP contribution in [0.4, 0.5) is 0 Å². The highest BCUT2D eigenvalue weighted by Crippen LogP contribution is 2.37. The van der Waals surface area contributed by atoms with E-state index in [1.165, 1.54) is 5.56 Å². The average molecular weight is 263 g/mol. The van der Waals surface area contributed by atoms with Crippen LogP contribution in [0.2, 0.25) is 0 Å². The first kappa shape index (κ1) is 14.4. The number of benzene rings is 1. The Morgan fingerprint density at radius 1 is 1.26 bits per heavy atom. The Labute approximate surface area is 116 Å². The number of likely N-dealkylation sites (tertiary alicyclic amines) is 1. The predicted molar refractivity (Wildman–Crippen MR) is 77.7 cm³/mol. The lowest BCUT2D eigenvalue weighted by atomic mass is 9.91. The van der Waals surface area contributed by atoms with Crippen LogP contribution in [0, 0.1) is 0 Å². The molecule has 0 aliphatic carbocycles. The molecule has 0 saturated carbocycles. The Bertz CT molecular complexity index is 408. The van der Waals surface area contributed by atoms with Gasteiger partial charge in [-0.1, -0.05) is 12.1 Å². The molecular weight excluding hydrogens is 238 g/mol. The summed E-state index contributed by atoms with van der Waals surface area (Å²) in [7, 11) is 1.68. The minimum atomic E-state index is 0.106. The lowest BCUT2D eigenvalue weighted by Gasteiger charge is -2.37. The fourth-order valence-electron chi connectivity index (χ4n) is 3.15. The van der Waals surface area contributed by atoms with Crippen molar-refractivity contribution in [3.05, 3.63) is 29.8 Å². The molecule has 1 fully saturated rings. The number of hydrogen-bond donors (Lipinski definition) is 1. The molecule has 1 saturated heterocycles. The molecule has 19 heavy (non-hydrogen) atoms. The highest BCUT2D eigenvalue weighted by molar-refractivity contribution is 5.31. The Morgan fingerprint density at radius 2 is 1.89 bits per heavy atom. The van der Waals surface area contributed by atoms with E-state index in [1.807, 2.05) is 12.1 Å². The standard InChI is InChI=1S/C16H25NO2/c1-16(2,3)17-10-9-14(15(17)11-18)12-5-7-13(19-4)8-6-12/h5-8,14-15,18H,9-11H2,1-4H3/t14-,15+/m0/s1. The van der Waals surface area contributed by atoms with Crippen LogP contribution < -0.4 is 4.74 Å². The van der Waals surface area contributed by atoms with E-state index in [0.717, 1.165) is 18.7 Å². The molecule has 3 heteroatoms. The fraction of sp³-hybridized carbons (Fsp3) is 0.625. The third-order valence-corrected chi connectivity index (χ3v) is 4.14. The topological polar surface area (TPSA) is 32.7 Å². The van der Waals surface area contributed by atoms with Gasteiger partial charge in [-0.05, 0) is 51.4 Å². The third kappa shape index (κ3) is 2.93. The first-order valence-electron chi connectivity index (χ1n) is 6.99. The van der Waals surface area contributed by atoms with E-state index >= 15 is 0 Å². The molecule has 1 aliphatic rings.